The molecular formula is C25H19BrCl2N2O3. The van der Waals surface area contributed by atoms with Crippen LogP contribution in [0.5, 0.6) is 11.5 Å². The summed E-state index contributed by atoms with van der Waals surface area (Å²) in [4.78, 5) is 12.5. The first-order valence-corrected chi connectivity index (χ1v) is 11.3. The van der Waals surface area contributed by atoms with Gasteiger partial charge in [0, 0.05) is 26.6 Å². The van der Waals surface area contributed by atoms with Crippen molar-refractivity contribution < 1.29 is 14.3 Å². The van der Waals surface area contributed by atoms with Crippen molar-refractivity contribution in [2.45, 2.75) is 13.2 Å². The second kappa shape index (κ2) is 11.8. The van der Waals surface area contributed by atoms with Crippen LogP contribution in [0.15, 0.2) is 70.7 Å². The highest BCUT2D eigenvalue weighted by molar-refractivity contribution is 9.10. The van der Waals surface area contributed by atoms with E-state index in [2.05, 4.69) is 21.2 Å². The van der Waals surface area contributed by atoms with Crippen molar-refractivity contribution in [3.05, 3.63) is 97.4 Å². The molecule has 3 aromatic rings. The molecule has 0 spiro atoms. The van der Waals surface area contributed by atoms with E-state index in [-0.39, 0.29) is 12.2 Å². The van der Waals surface area contributed by atoms with Gasteiger partial charge in [0.1, 0.15) is 18.2 Å². The number of methoxy groups -OCH3 is 1. The van der Waals surface area contributed by atoms with Crippen molar-refractivity contribution >= 4 is 51.1 Å². The zero-order valence-corrected chi connectivity index (χ0v) is 20.7. The summed E-state index contributed by atoms with van der Waals surface area (Å²) in [5, 5.41) is 13.3. The van der Waals surface area contributed by atoms with Crippen LogP contribution in [0.25, 0.3) is 6.08 Å². The van der Waals surface area contributed by atoms with Gasteiger partial charge in [0.15, 0.2) is 11.5 Å². The zero-order valence-electron chi connectivity index (χ0n) is 17.6. The summed E-state index contributed by atoms with van der Waals surface area (Å²) in [6.45, 7) is 0.530. The van der Waals surface area contributed by atoms with Crippen LogP contribution in [0, 0.1) is 11.3 Å². The van der Waals surface area contributed by atoms with E-state index in [1.54, 1.807) is 30.3 Å². The lowest BCUT2D eigenvalue weighted by atomic mass is 10.1. The third-order valence-corrected chi connectivity index (χ3v) is 5.92. The molecule has 0 saturated heterocycles. The number of hydrogen-bond acceptors (Lipinski definition) is 4. The number of ether oxygens (including phenoxy) is 2. The summed E-state index contributed by atoms with van der Waals surface area (Å²) in [5.74, 6) is 0.445. The fourth-order valence-corrected chi connectivity index (χ4v) is 3.81. The highest BCUT2D eigenvalue weighted by Gasteiger charge is 2.14. The standard InChI is InChI=1S/C25H19BrCl2N2O3/c1-32-23-10-18(9-19(13-29)25(31)30-14-16-5-3-2-4-6-16)21(26)12-24(23)33-15-17-7-8-20(27)11-22(17)28/h2-12H,14-15H2,1H3,(H,30,31). The topological polar surface area (TPSA) is 71.3 Å². The van der Waals surface area contributed by atoms with Gasteiger partial charge < -0.3 is 14.8 Å². The number of hydrogen-bond donors (Lipinski definition) is 1. The van der Waals surface area contributed by atoms with Crippen LogP contribution < -0.4 is 14.8 Å². The second-order valence-electron chi connectivity index (χ2n) is 6.89. The fourth-order valence-electron chi connectivity index (χ4n) is 2.91. The lowest BCUT2D eigenvalue weighted by Gasteiger charge is -2.14. The summed E-state index contributed by atoms with van der Waals surface area (Å²) < 4.78 is 12.0. The molecular weight excluding hydrogens is 527 g/mol. The first-order valence-electron chi connectivity index (χ1n) is 9.79. The largest absolute Gasteiger partial charge is 0.493 e. The molecule has 1 amide bonds. The molecule has 8 heteroatoms. The van der Waals surface area contributed by atoms with Crippen molar-refractivity contribution in [1.29, 1.82) is 5.26 Å². The van der Waals surface area contributed by atoms with Crippen molar-refractivity contribution in [1.82, 2.24) is 5.32 Å². The summed E-state index contributed by atoms with van der Waals surface area (Å²) in [6, 6.07) is 20.0. The Kier molecular flexibility index (Phi) is 8.79. The molecule has 0 unspecified atom stereocenters. The van der Waals surface area contributed by atoms with Gasteiger partial charge in [-0.25, -0.2) is 0 Å². The molecule has 0 saturated carbocycles. The van der Waals surface area contributed by atoms with Gasteiger partial charge in [-0.1, -0.05) is 75.5 Å². The lowest BCUT2D eigenvalue weighted by molar-refractivity contribution is -0.117. The first kappa shape index (κ1) is 24.7. The van der Waals surface area contributed by atoms with Crippen LogP contribution in [0.2, 0.25) is 10.0 Å². The van der Waals surface area contributed by atoms with Crippen LogP contribution in [-0.4, -0.2) is 13.0 Å². The number of nitrogens with zero attached hydrogens (tertiary/aromatic N) is 1. The van der Waals surface area contributed by atoms with E-state index in [0.29, 0.717) is 38.1 Å². The van der Waals surface area contributed by atoms with Gasteiger partial charge in [-0.05, 0) is 41.5 Å². The van der Waals surface area contributed by atoms with Crippen LogP contribution in [-0.2, 0) is 17.9 Å². The highest BCUT2D eigenvalue weighted by atomic mass is 79.9. The maximum atomic E-state index is 12.5. The minimum absolute atomic E-state index is 0.0321. The summed E-state index contributed by atoms with van der Waals surface area (Å²) in [7, 11) is 1.51. The van der Waals surface area contributed by atoms with Crippen LogP contribution >= 0.6 is 39.1 Å². The van der Waals surface area contributed by atoms with Gasteiger partial charge in [0.05, 0.1) is 7.11 Å². The van der Waals surface area contributed by atoms with Gasteiger partial charge in [-0.15, -0.1) is 0 Å². The zero-order chi connectivity index (χ0) is 23.8. The summed E-state index contributed by atoms with van der Waals surface area (Å²) in [6.07, 6.45) is 1.49. The molecule has 0 fully saturated rings. The molecule has 0 aliphatic rings. The van der Waals surface area contributed by atoms with Crippen LogP contribution in [0.3, 0.4) is 0 Å². The number of halogens is 3. The number of carbonyl (C=O) groups is 1. The van der Waals surface area contributed by atoms with Crippen molar-refractivity contribution in [2.24, 2.45) is 0 Å². The summed E-state index contributed by atoms with van der Waals surface area (Å²) in [5.41, 5.74) is 2.27. The van der Waals surface area contributed by atoms with E-state index >= 15 is 0 Å². The normalized spacial score (nSPS) is 10.9. The average molecular weight is 546 g/mol. The minimum atomic E-state index is -0.468. The number of benzene rings is 3. The van der Waals surface area contributed by atoms with Crippen LogP contribution in [0.4, 0.5) is 0 Å². The van der Waals surface area contributed by atoms with Crippen molar-refractivity contribution in [2.75, 3.05) is 7.11 Å². The Hall–Kier alpha value is -2.98. The molecule has 0 aliphatic carbocycles. The molecule has 0 bridgehead atoms. The molecule has 0 aromatic heterocycles. The molecule has 0 heterocycles. The Morgan fingerprint density at radius 2 is 1.88 bits per heavy atom. The maximum Gasteiger partial charge on any atom is 0.262 e. The third kappa shape index (κ3) is 6.75. The molecule has 0 aliphatic heterocycles. The van der Waals surface area contributed by atoms with Crippen molar-refractivity contribution in [3.8, 4) is 17.6 Å². The van der Waals surface area contributed by atoms with Gasteiger partial charge in [0.25, 0.3) is 5.91 Å². The monoisotopic (exact) mass is 544 g/mol. The second-order valence-corrected chi connectivity index (χ2v) is 8.59. The number of amides is 1. The molecule has 168 valence electrons. The smallest absolute Gasteiger partial charge is 0.262 e. The van der Waals surface area contributed by atoms with E-state index in [4.69, 9.17) is 32.7 Å². The first-order chi connectivity index (χ1) is 15.9. The van der Waals surface area contributed by atoms with E-state index in [9.17, 15) is 10.1 Å². The van der Waals surface area contributed by atoms with Crippen molar-refractivity contribution in [3.63, 3.8) is 0 Å². The van der Waals surface area contributed by atoms with Gasteiger partial charge in [0.2, 0.25) is 0 Å². The molecule has 3 rings (SSSR count). The molecule has 1 N–H and O–H groups in total. The highest BCUT2D eigenvalue weighted by Crippen LogP contribution is 2.35. The SMILES string of the molecule is COc1cc(C=C(C#N)C(=O)NCc2ccccc2)c(Br)cc1OCc1ccc(Cl)cc1Cl. The maximum absolute atomic E-state index is 12.5. The predicted octanol–water partition coefficient (Wildman–Crippen LogP) is 6.57. The average Bonchev–Trinajstić information content (AvgIpc) is 2.82. The third-order valence-electron chi connectivity index (χ3n) is 4.64. The molecule has 33 heavy (non-hydrogen) atoms. The number of rotatable bonds is 8. The molecule has 3 aromatic carbocycles. The molecule has 0 atom stereocenters. The Balaban J connectivity index is 1.77. The minimum Gasteiger partial charge on any atom is -0.493 e. The summed E-state index contributed by atoms with van der Waals surface area (Å²) >= 11 is 15.6. The van der Waals surface area contributed by atoms with Crippen LogP contribution in [0.1, 0.15) is 16.7 Å². The molecule has 5 nitrogen and oxygen atoms in total. The van der Waals surface area contributed by atoms with E-state index in [0.717, 1.165) is 11.1 Å². The Bertz CT molecular complexity index is 1220. The Morgan fingerprint density at radius 3 is 2.55 bits per heavy atom. The Morgan fingerprint density at radius 1 is 1.12 bits per heavy atom. The Labute approximate surface area is 210 Å². The van der Waals surface area contributed by atoms with Gasteiger partial charge >= 0.3 is 0 Å². The van der Waals surface area contributed by atoms with Gasteiger partial charge in [-0.2, -0.15) is 5.26 Å². The van der Waals surface area contributed by atoms with E-state index < -0.39 is 5.91 Å². The quantitative estimate of drug-likeness (QED) is 0.257. The fraction of sp³-hybridized carbons (Fsp3) is 0.120. The number of nitrogens with one attached hydrogen (secondary N) is 1. The van der Waals surface area contributed by atoms with Gasteiger partial charge in [-0.3, -0.25) is 4.79 Å². The predicted molar refractivity (Wildman–Crippen MR) is 133 cm³/mol. The lowest BCUT2D eigenvalue weighted by Crippen LogP contribution is -2.23. The van der Waals surface area contributed by atoms with E-state index in [1.807, 2.05) is 36.4 Å². The molecule has 0 radical (unpaired) electrons. The number of carbonyl (C=O) groups excluding carboxylic acids is 1. The van der Waals surface area contributed by atoms with E-state index in [1.165, 1.54) is 13.2 Å². The number of nitriles is 1.